The number of hydrogen-bond donors (Lipinski definition) is 1. The van der Waals surface area contributed by atoms with Crippen LogP contribution in [0.2, 0.25) is 0 Å². The van der Waals surface area contributed by atoms with E-state index in [9.17, 15) is 4.79 Å². The molecule has 4 heterocycles. The summed E-state index contributed by atoms with van der Waals surface area (Å²) in [6.45, 7) is 8.60. The number of carbonyl (C=O) groups is 1. The molecule has 1 amide bonds. The third-order valence-electron chi connectivity index (χ3n) is 6.14. The van der Waals surface area contributed by atoms with Gasteiger partial charge < -0.3 is 10.2 Å². The molecule has 0 saturated carbocycles. The number of fused-ring (bicyclic) bond motifs is 1. The second-order valence-corrected chi connectivity index (χ2v) is 8.26. The monoisotopic (exact) mass is 357 g/mol. The highest BCUT2D eigenvalue weighted by Gasteiger charge is 2.28. The molecule has 142 valence electrons. The van der Waals surface area contributed by atoms with Crippen molar-refractivity contribution >= 4 is 5.91 Å². The van der Waals surface area contributed by atoms with Gasteiger partial charge in [0.05, 0.1) is 6.54 Å². The first-order chi connectivity index (χ1) is 12.7. The number of likely N-dealkylation sites (tertiary alicyclic amines) is 2. The first-order valence-corrected chi connectivity index (χ1v) is 10.2. The Hall–Kier alpha value is -1.53. The molecule has 0 unspecified atom stereocenters. The van der Waals surface area contributed by atoms with Crippen molar-refractivity contribution in [1.82, 2.24) is 25.1 Å². The average Bonchev–Trinajstić information content (AvgIpc) is 2.68. The van der Waals surface area contributed by atoms with Gasteiger partial charge >= 0.3 is 0 Å². The molecule has 6 heteroatoms. The molecule has 1 aromatic rings. The van der Waals surface area contributed by atoms with Crippen molar-refractivity contribution in [3.63, 3.8) is 0 Å². The van der Waals surface area contributed by atoms with Crippen molar-refractivity contribution in [2.45, 2.75) is 51.5 Å². The van der Waals surface area contributed by atoms with Crippen LogP contribution in [0.25, 0.3) is 0 Å². The van der Waals surface area contributed by atoms with Crippen LogP contribution in [0.3, 0.4) is 0 Å². The van der Waals surface area contributed by atoms with E-state index in [1.165, 1.54) is 24.1 Å². The smallest absolute Gasteiger partial charge is 0.236 e. The molecular formula is C20H31N5O. The molecule has 6 nitrogen and oxygen atoms in total. The molecule has 1 aromatic heterocycles. The van der Waals surface area contributed by atoms with Gasteiger partial charge in [-0.25, -0.2) is 9.97 Å². The largest absolute Gasteiger partial charge is 0.342 e. The summed E-state index contributed by atoms with van der Waals surface area (Å²) in [5.74, 6) is 2.41. The van der Waals surface area contributed by atoms with E-state index in [-0.39, 0.29) is 0 Å². The quantitative estimate of drug-likeness (QED) is 0.890. The van der Waals surface area contributed by atoms with Crippen LogP contribution in [0.15, 0.2) is 6.20 Å². The molecule has 1 N–H and O–H groups in total. The van der Waals surface area contributed by atoms with Gasteiger partial charge in [-0.15, -0.1) is 0 Å². The number of amides is 1. The minimum absolute atomic E-state index is 0.301. The Morgan fingerprint density at radius 3 is 2.92 bits per heavy atom. The zero-order valence-electron chi connectivity index (χ0n) is 15.9. The summed E-state index contributed by atoms with van der Waals surface area (Å²) < 4.78 is 0. The first-order valence-electron chi connectivity index (χ1n) is 10.2. The standard InChI is InChI=1S/C20H31N5O/c1-15-3-2-8-24(13-15)14-19(26)25-9-5-16(6-10-25)20-22-12-17-11-21-7-4-18(17)23-20/h12,15-16,21H,2-11,13-14H2,1H3/t15-/m0/s1. The number of aromatic nitrogens is 2. The summed E-state index contributed by atoms with van der Waals surface area (Å²) >= 11 is 0. The highest BCUT2D eigenvalue weighted by atomic mass is 16.2. The molecule has 0 radical (unpaired) electrons. The van der Waals surface area contributed by atoms with Gasteiger partial charge in [0.2, 0.25) is 5.91 Å². The molecule has 0 aromatic carbocycles. The number of rotatable bonds is 3. The van der Waals surface area contributed by atoms with Crippen LogP contribution >= 0.6 is 0 Å². The van der Waals surface area contributed by atoms with Crippen molar-refractivity contribution in [3.05, 3.63) is 23.3 Å². The molecule has 26 heavy (non-hydrogen) atoms. The topological polar surface area (TPSA) is 61.4 Å². The van der Waals surface area contributed by atoms with E-state index in [1.54, 1.807) is 0 Å². The Morgan fingerprint density at radius 1 is 1.27 bits per heavy atom. The predicted molar refractivity (Wildman–Crippen MR) is 101 cm³/mol. The van der Waals surface area contributed by atoms with E-state index in [0.717, 1.165) is 70.3 Å². The lowest BCUT2D eigenvalue weighted by atomic mass is 9.95. The zero-order valence-corrected chi connectivity index (χ0v) is 15.9. The fourth-order valence-electron chi connectivity index (χ4n) is 4.56. The van der Waals surface area contributed by atoms with E-state index in [4.69, 9.17) is 4.98 Å². The van der Waals surface area contributed by atoms with Crippen molar-refractivity contribution < 1.29 is 4.79 Å². The molecule has 3 aliphatic heterocycles. The maximum absolute atomic E-state index is 12.7. The average molecular weight is 358 g/mol. The molecule has 0 spiro atoms. The number of piperidine rings is 2. The predicted octanol–water partition coefficient (Wildman–Crippen LogP) is 1.56. The lowest BCUT2D eigenvalue weighted by molar-refractivity contribution is -0.133. The summed E-state index contributed by atoms with van der Waals surface area (Å²) in [6.07, 6.45) is 7.49. The van der Waals surface area contributed by atoms with E-state index >= 15 is 0 Å². The van der Waals surface area contributed by atoms with Gasteiger partial charge in [-0.1, -0.05) is 6.92 Å². The van der Waals surface area contributed by atoms with Crippen LogP contribution in [0.4, 0.5) is 0 Å². The van der Waals surface area contributed by atoms with Crippen molar-refractivity contribution in [2.75, 3.05) is 39.3 Å². The Balaban J connectivity index is 1.30. The maximum Gasteiger partial charge on any atom is 0.236 e. The molecule has 2 fully saturated rings. The van der Waals surface area contributed by atoms with Gasteiger partial charge in [-0.05, 0) is 38.1 Å². The third-order valence-corrected chi connectivity index (χ3v) is 6.14. The number of nitrogens with one attached hydrogen (secondary N) is 1. The van der Waals surface area contributed by atoms with Crippen LogP contribution in [-0.2, 0) is 17.8 Å². The van der Waals surface area contributed by atoms with E-state index < -0.39 is 0 Å². The third kappa shape index (κ3) is 4.07. The zero-order chi connectivity index (χ0) is 17.9. The molecule has 1 atom stereocenters. The van der Waals surface area contributed by atoms with Gasteiger partial charge in [0.1, 0.15) is 5.82 Å². The molecule has 0 aliphatic carbocycles. The second-order valence-electron chi connectivity index (χ2n) is 8.26. The van der Waals surface area contributed by atoms with Crippen LogP contribution < -0.4 is 5.32 Å². The molecule has 2 saturated heterocycles. The highest BCUT2D eigenvalue weighted by Crippen LogP contribution is 2.27. The van der Waals surface area contributed by atoms with Crippen molar-refractivity contribution in [3.8, 4) is 0 Å². The second kappa shape index (κ2) is 8.01. The van der Waals surface area contributed by atoms with Gasteiger partial charge in [0, 0.05) is 62.5 Å². The van der Waals surface area contributed by atoms with Gasteiger partial charge in [-0.3, -0.25) is 9.69 Å². The van der Waals surface area contributed by atoms with E-state index in [2.05, 4.69) is 27.0 Å². The first kappa shape index (κ1) is 17.9. The summed E-state index contributed by atoms with van der Waals surface area (Å²) in [5.41, 5.74) is 2.45. The Morgan fingerprint density at radius 2 is 2.12 bits per heavy atom. The minimum Gasteiger partial charge on any atom is -0.342 e. The van der Waals surface area contributed by atoms with Gasteiger partial charge in [-0.2, -0.15) is 0 Å². The molecular weight excluding hydrogens is 326 g/mol. The van der Waals surface area contributed by atoms with Crippen LogP contribution in [-0.4, -0.2) is 64.9 Å². The summed E-state index contributed by atoms with van der Waals surface area (Å²) in [4.78, 5) is 26.5. The van der Waals surface area contributed by atoms with Gasteiger partial charge in [0.25, 0.3) is 0 Å². The molecule has 0 bridgehead atoms. The number of nitrogens with zero attached hydrogens (tertiary/aromatic N) is 4. The minimum atomic E-state index is 0.301. The fraction of sp³-hybridized carbons (Fsp3) is 0.750. The van der Waals surface area contributed by atoms with Crippen LogP contribution in [0.1, 0.15) is 55.6 Å². The fourth-order valence-corrected chi connectivity index (χ4v) is 4.56. The number of carbonyl (C=O) groups excluding carboxylic acids is 1. The van der Waals surface area contributed by atoms with Crippen LogP contribution in [0.5, 0.6) is 0 Å². The maximum atomic E-state index is 12.7. The molecule has 4 rings (SSSR count). The Bertz CT molecular complexity index is 641. The SMILES string of the molecule is C[C@H]1CCCN(CC(=O)N2CCC(c3ncc4c(n3)CCNC4)CC2)C1. The van der Waals surface area contributed by atoms with E-state index in [1.807, 2.05) is 6.20 Å². The lowest BCUT2D eigenvalue weighted by Gasteiger charge is -2.35. The van der Waals surface area contributed by atoms with Gasteiger partial charge in [0.15, 0.2) is 0 Å². The summed E-state index contributed by atoms with van der Waals surface area (Å²) in [5, 5.41) is 3.37. The normalized spacial score (nSPS) is 25.1. The molecule has 3 aliphatic rings. The number of hydrogen-bond acceptors (Lipinski definition) is 5. The Kier molecular flexibility index (Phi) is 5.50. The summed E-state index contributed by atoms with van der Waals surface area (Å²) in [7, 11) is 0. The van der Waals surface area contributed by atoms with Crippen molar-refractivity contribution in [1.29, 1.82) is 0 Å². The van der Waals surface area contributed by atoms with E-state index in [0.29, 0.717) is 18.4 Å². The highest BCUT2D eigenvalue weighted by molar-refractivity contribution is 5.78. The summed E-state index contributed by atoms with van der Waals surface area (Å²) in [6, 6.07) is 0. The lowest BCUT2D eigenvalue weighted by Crippen LogP contribution is -2.46. The van der Waals surface area contributed by atoms with Crippen molar-refractivity contribution in [2.24, 2.45) is 5.92 Å². The van der Waals surface area contributed by atoms with Crippen LogP contribution in [0, 0.1) is 5.92 Å². The Labute approximate surface area is 156 Å².